The molecule has 0 saturated heterocycles. The van der Waals surface area contributed by atoms with E-state index >= 15 is 0 Å². The number of anilines is 2. The van der Waals surface area contributed by atoms with Gasteiger partial charge in [-0.3, -0.25) is 4.99 Å². The summed E-state index contributed by atoms with van der Waals surface area (Å²) < 4.78 is 0. The van der Waals surface area contributed by atoms with Crippen molar-refractivity contribution >= 4 is 55.0 Å². The zero-order valence-electron chi connectivity index (χ0n) is 28.7. The first-order chi connectivity index (χ1) is 25.2. The normalized spacial score (nSPS) is 16.3. The summed E-state index contributed by atoms with van der Waals surface area (Å²) in [5, 5.41) is 14.9. The molecule has 7 aromatic carbocycles. The maximum Gasteiger partial charge on any atom is 0.145 e. The van der Waals surface area contributed by atoms with E-state index in [4.69, 9.17) is 4.99 Å². The van der Waals surface area contributed by atoms with Gasteiger partial charge in [-0.2, -0.15) is 0 Å². The van der Waals surface area contributed by atoms with E-state index in [1.165, 1.54) is 54.6 Å². The minimum atomic E-state index is -0.287. The summed E-state index contributed by atoms with van der Waals surface area (Å²) >= 11 is 0. The third-order valence-corrected chi connectivity index (χ3v) is 10.3. The SMILES string of the molecule is C/C(=N\C(Nc1ccc2ccccc2c1)c1ccc2ccccc2c1)c1cccc2c3c(ccc12)NC(c1ccccc1)C=C3C1=CCCC=C1. The van der Waals surface area contributed by atoms with E-state index in [0.29, 0.717) is 0 Å². The van der Waals surface area contributed by atoms with E-state index in [1.54, 1.807) is 0 Å². The van der Waals surface area contributed by atoms with Gasteiger partial charge in [0.15, 0.2) is 0 Å². The summed E-state index contributed by atoms with van der Waals surface area (Å²) in [6.07, 6.45) is 11.3. The summed E-state index contributed by atoms with van der Waals surface area (Å²) in [7, 11) is 0. The van der Waals surface area contributed by atoms with Crippen LogP contribution >= 0.6 is 0 Å². The molecular weight excluding hydrogens is 619 g/mol. The first-order valence-electron chi connectivity index (χ1n) is 17.9. The molecule has 0 aromatic heterocycles. The second kappa shape index (κ2) is 13.3. The predicted molar refractivity (Wildman–Crippen MR) is 218 cm³/mol. The van der Waals surface area contributed by atoms with Crippen molar-refractivity contribution < 1.29 is 0 Å². The lowest BCUT2D eigenvalue weighted by molar-refractivity contribution is 0.839. The first kappa shape index (κ1) is 30.8. The van der Waals surface area contributed by atoms with Gasteiger partial charge in [-0.25, -0.2) is 0 Å². The van der Waals surface area contributed by atoms with E-state index in [-0.39, 0.29) is 12.2 Å². The van der Waals surface area contributed by atoms with Crippen molar-refractivity contribution in [2.45, 2.75) is 32.0 Å². The van der Waals surface area contributed by atoms with Crippen molar-refractivity contribution in [1.29, 1.82) is 0 Å². The highest BCUT2D eigenvalue weighted by molar-refractivity contribution is 6.14. The fourth-order valence-corrected chi connectivity index (χ4v) is 7.70. The lowest BCUT2D eigenvalue weighted by Gasteiger charge is -2.29. The number of aliphatic imine (C=N–C) groups is 1. The van der Waals surface area contributed by atoms with Gasteiger partial charge in [-0.05, 0) is 105 Å². The number of benzene rings is 7. The van der Waals surface area contributed by atoms with Crippen molar-refractivity contribution in [3.63, 3.8) is 0 Å². The molecule has 3 heteroatoms. The molecule has 0 spiro atoms. The average Bonchev–Trinajstić information content (AvgIpc) is 3.20. The molecule has 51 heavy (non-hydrogen) atoms. The quantitative estimate of drug-likeness (QED) is 0.167. The predicted octanol–water partition coefficient (Wildman–Crippen LogP) is 12.6. The van der Waals surface area contributed by atoms with Crippen LogP contribution in [0.4, 0.5) is 11.4 Å². The van der Waals surface area contributed by atoms with Crippen LogP contribution in [0.15, 0.2) is 180 Å². The lowest BCUT2D eigenvalue weighted by Crippen LogP contribution is -2.16. The van der Waals surface area contributed by atoms with Gasteiger partial charge in [0.2, 0.25) is 0 Å². The summed E-state index contributed by atoms with van der Waals surface area (Å²) in [6, 6.07) is 52.3. The molecule has 1 heterocycles. The van der Waals surface area contributed by atoms with Crippen LogP contribution in [0.25, 0.3) is 37.9 Å². The second-order valence-electron chi connectivity index (χ2n) is 13.6. The molecule has 3 nitrogen and oxygen atoms in total. The Balaban J connectivity index is 1.16. The fraction of sp³-hybridized carbons (Fsp3) is 0.104. The molecule has 0 radical (unpaired) electrons. The highest BCUT2D eigenvalue weighted by Crippen LogP contribution is 2.44. The van der Waals surface area contributed by atoms with Gasteiger partial charge in [0.05, 0.1) is 6.04 Å². The highest BCUT2D eigenvalue weighted by Gasteiger charge is 2.25. The van der Waals surface area contributed by atoms with Crippen LogP contribution in [0.2, 0.25) is 0 Å². The van der Waals surface area contributed by atoms with Crippen LogP contribution in [-0.2, 0) is 0 Å². The smallest absolute Gasteiger partial charge is 0.145 e. The summed E-state index contributed by atoms with van der Waals surface area (Å²) in [6.45, 7) is 2.15. The zero-order valence-corrected chi connectivity index (χ0v) is 28.7. The van der Waals surface area contributed by atoms with Crippen LogP contribution in [0.5, 0.6) is 0 Å². The van der Waals surface area contributed by atoms with Gasteiger partial charge in [-0.1, -0.05) is 140 Å². The second-order valence-corrected chi connectivity index (χ2v) is 13.6. The third kappa shape index (κ3) is 6.02. The molecule has 1 aliphatic heterocycles. The van der Waals surface area contributed by atoms with Crippen molar-refractivity contribution in [3.05, 3.63) is 198 Å². The first-order valence-corrected chi connectivity index (χ1v) is 17.9. The summed E-state index contributed by atoms with van der Waals surface area (Å²) in [5.41, 5.74) is 10.5. The Kier molecular flexibility index (Phi) is 8.02. The van der Waals surface area contributed by atoms with Crippen LogP contribution in [-0.4, -0.2) is 5.71 Å². The number of rotatable bonds is 7. The van der Waals surface area contributed by atoms with Crippen LogP contribution in [0.1, 0.15) is 54.2 Å². The van der Waals surface area contributed by atoms with E-state index in [1.807, 2.05) is 0 Å². The Morgan fingerprint density at radius 2 is 1.43 bits per heavy atom. The number of fused-ring (bicyclic) bond motifs is 5. The molecule has 0 saturated carbocycles. The monoisotopic (exact) mass is 657 g/mol. The van der Waals surface area contributed by atoms with Gasteiger partial charge >= 0.3 is 0 Å². The lowest BCUT2D eigenvalue weighted by atomic mass is 9.83. The van der Waals surface area contributed by atoms with Crippen molar-refractivity contribution in [2.24, 2.45) is 4.99 Å². The van der Waals surface area contributed by atoms with Crippen LogP contribution < -0.4 is 10.6 Å². The van der Waals surface area contributed by atoms with E-state index in [0.717, 1.165) is 41.1 Å². The standard InChI is InChI=1S/C48H39N3/c1-32(49-48(39-24-23-33-13-8-10-19-37(33)29-39)50-40-26-25-34-14-9-11-20-38(34)30-40)41-21-12-22-43-42(41)27-28-45-47(43)44(35-15-4-2-5-16-35)31-46(51-45)36-17-6-3-7-18-36/h3-4,6-31,46,48,50-51H,2,5H2,1H3/b49-32+. The Morgan fingerprint density at radius 1 is 0.686 bits per heavy atom. The van der Waals surface area contributed by atoms with Crippen molar-refractivity contribution in [2.75, 3.05) is 10.6 Å². The number of hydrogen-bond donors (Lipinski definition) is 2. The minimum absolute atomic E-state index is 0.0951. The molecular formula is C48H39N3. The highest BCUT2D eigenvalue weighted by atomic mass is 15.1. The molecule has 2 N–H and O–H groups in total. The molecule has 0 amide bonds. The molecule has 1 aliphatic carbocycles. The molecule has 0 bridgehead atoms. The van der Waals surface area contributed by atoms with Crippen LogP contribution in [0, 0.1) is 0 Å². The van der Waals surface area contributed by atoms with Crippen molar-refractivity contribution in [1.82, 2.24) is 0 Å². The van der Waals surface area contributed by atoms with Gasteiger partial charge in [0.25, 0.3) is 0 Å². The number of hydrogen-bond acceptors (Lipinski definition) is 3. The topological polar surface area (TPSA) is 36.4 Å². The van der Waals surface area contributed by atoms with Crippen molar-refractivity contribution in [3.8, 4) is 0 Å². The molecule has 9 rings (SSSR count). The number of nitrogens with one attached hydrogen (secondary N) is 2. The number of allylic oxidation sites excluding steroid dienone is 5. The molecule has 2 atom stereocenters. The van der Waals surface area contributed by atoms with Gasteiger partial charge in [0, 0.05) is 28.2 Å². The van der Waals surface area contributed by atoms with E-state index in [9.17, 15) is 0 Å². The fourth-order valence-electron chi connectivity index (χ4n) is 7.70. The summed E-state index contributed by atoms with van der Waals surface area (Å²) in [4.78, 5) is 5.47. The molecule has 2 aliphatic rings. The van der Waals surface area contributed by atoms with Crippen LogP contribution in [0.3, 0.4) is 0 Å². The zero-order chi connectivity index (χ0) is 34.1. The molecule has 246 valence electrons. The number of nitrogens with zero attached hydrogens (tertiary/aromatic N) is 1. The Bertz CT molecular complexity index is 2550. The largest absolute Gasteiger partial charge is 0.374 e. The van der Waals surface area contributed by atoms with Gasteiger partial charge in [0.1, 0.15) is 6.17 Å². The molecule has 0 fully saturated rings. The minimum Gasteiger partial charge on any atom is -0.374 e. The van der Waals surface area contributed by atoms with Gasteiger partial charge in [-0.15, -0.1) is 0 Å². The Hall–Kier alpha value is -6.19. The molecule has 7 aromatic rings. The van der Waals surface area contributed by atoms with Gasteiger partial charge < -0.3 is 10.6 Å². The average molecular weight is 658 g/mol. The maximum absolute atomic E-state index is 5.47. The molecule has 2 unspecified atom stereocenters. The third-order valence-electron chi connectivity index (χ3n) is 10.3. The summed E-state index contributed by atoms with van der Waals surface area (Å²) in [5.74, 6) is 0. The Labute approximate surface area is 299 Å². The maximum atomic E-state index is 5.47. The van der Waals surface area contributed by atoms with E-state index in [2.05, 4.69) is 187 Å². The Morgan fingerprint density at radius 3 is 2.22 bits per heavy atom. The van der Waals surface area contributed by atoms with E-state index < -0.39 is 0 Å².